The average Bonchev–Trinajstić information content (AvgIpc) is 3.30. The first kappa shape index (κ1) is 17.4. The highest BCUT2D eigenvalue weighted by Crippen LogP contribution is 2.25. The largest absolute Gasteiger partial charge is 0.325 e. The second-order valence-electron chi connectivity index (χ2n) is 6.71. The van der Waals surface area contributed by atoms with E-state index in [1.165, 1.54) is 16.9 Å². The minimum atomic E-state index is -0.0908. The molecule has 0 aliphatic rings. The van der Waals surface area contributed by atoms with Crippen LogP contribution in [0.25, 0.3) is 22.6 Å². The topological polar surface area (TPSA) is 59.8 Å². The fourth-order valence-corrected chi connectivity index (χ4v) is 3.58. The molecule has 1 amide bonds. The lowest BCUT2D eigenvalue weighted by Gasteiger charge is -2.10. The molecule has 0 fully saturated rings. The van der Waals surface area contributed by atoms with E-state index in [1.807, 2.05) is 58.5 Å². The number of anilines is 1. The van der Waals surface area contributed by atoms with Crippen molar-refractivity contribution in [3.63, 3.8) is 0 Å². The number of aromatic nitrogens is 3. The van der Waals surface area contributed by atoms with Crippen LogP contribution in [0.3, 0.4) is 0 Å². The number of benzene rings is 2. The minimum absolute atomic E-state index is 0.0908. The normalized spacial score (nSPS) is 11.2. The third kappa shape index (κ3) is 3.61. The summed E-state index contributed by atoms with van der Waals surface area (Å²) in [5.41, 5.74) is 6.38. The van der Waals surface area contributed by atoms with E-state index in [9.17, 15) is 4.79 Å². The zero-order chi connectivity index (χ0) is 18.8. The molecule has 0 saturated carbocycles. The first-order valence-electron chi connectivity index (χ1n) is 8.85. The molecule has 2 heterocycles. The zero-order valence-corrected chi connectivity index (χ0v) is 16.0. The minimum Gasteiger partial charge on any atom is -0.325 e. The van der Waals surface area contributed by atoms with E-state index in [1.54, 1.807) is 5.51 Å². The Bertz CT molecular complexity index is 1070. The van der Waals surface area contributed by atoms with Gasteiger partial charge in [-0.25, -0.2) is 9.97 Å². The summed E-state index contributed by atoms with van der Waals surface area (Å²) in [5.74, 6) is 1.09. The molecule has 4 rings (SSSR count). The molecule has 0 atom stereocenters. The van der Waals surface area contributed by atoms with Gasteiger partial charge in [0.05, 0.1) is 16.5 Å². The fraction of sp³-hybridized carbons (Fsp3) is 0.190. The molecule has 0 aliphatic carbocycles. The van der Waals surface area contributed by atoms with Crippen molar-refractivity contribution in [2.24, 2.45) is 0 Å². The van der Waals surface area contributed by atoms with Crippen LogP contribution in [0.5, 0.6) is 0 Å². The summed E-state index contributed by atoms with van der Waals surface area (Å²) in [5, 5.41) is 4.92. The molecule has 6 heteroatoms. The summed E-state index contributed by atoms with van der Waals surface area (Å²) in [4.78, 5) is 21.7. The molecule has 0 unspecified atom stereocenters. The van der Waals surface area contributed by atoms with Crippen LogP contribution >= 0.6 is 11.3 Å². The Hall–Kier alpha value is -2.99. The number of imidazole rings is 1. The van der Waals surface area contributed by atoms with Crippen LogP contribution in [0.15, 0.2) is 59.4 Å². The lowest BCUT2D eigenvalue weighted by molar-refractivity contribution is -0.116. The average molecular weight is 376 g/mol. The van der Waals surface area contributed by atoms with Crippen LogP contribution in [0, 0.1) is 0 Å². The number of amides is 1. The van der Waals surface area contributed by atoms with Crippen LogP contribution in [0.4, 0.5) is 5.69 Å². The number of fused-ring (bicyclic) bond motifs is 1. The molecular weight excluding hydrogens is 356 g/mol. The number of thiazole rings is 1. The molecule has 136 valence electrons. The Kier molecular flexibility index (Phi) is 4.73. The summed E-state index contributed by atoms with van der Waals surface area (Å²) in [6.07, 6.45) is 0. The van der Waals surface area contributed by atoms with Crippen molar-refractivity contribution in [2.75, 3.05) is 5.32 Å². The number of para-hydroxylation sites is 2. The summed E-state index contributed by atoms with van der Waals surface area (Å²) < 4.78 is 1.92. The Morgan fingerprint density at radius 3 is 2.63 bits per heavy atom. The third-order valence-electron chi connectivity index (χ3n) is 4.48. The second kappa shape index (κ2) is 7.32. The van der Waals surface area contributed by atoms with Crippen molar-refractivity contribution in [1.82, 2.24) is 14.5 Å². The van der Waals surface area contributed by atoms with Gasteiger partial charge in [0.1, 0.15) is 12.2 Å². The maximum Gasteiger partial charge on any atom is 0.244 e. The number of hydrogen-bond acceptors (Lipinski definition) is 4. The molecule has 0 saturated heterocycles. The van der Waals surface area contributed by atoms with Crippen LogP contribution < -0.4 is 5.32 Å². The molecular formula is C21H20N4OS. The predicted octanol–water partition coefficient (Wildman–Crippen LogP) is 4.92. The van der Waals surface area contributed by atoms with Crippen LogP contribution in [0.1, 0.15) is 25.3 Å². The molecule has 2 aromatic heterocycles. The molecule has 0 radical (unpaired) electrons. The van der Waals surface area contributed by atoms with E-state index in [0.29, 0.717) is 11.7 Å². The molecule has 2 aromatic carbocycles. The Morgan fingerprint density at radius 1 is 1.15 bits per heavy atom. The van der Waals surface area contributed by atoms with Crippen molar-refractivity contribution >= 4 is 34.0 Å². The van der Waals surface area contributed by atoms with E-state index < -0.39 is 0 Å². The predicted molar refractivity (Wildman–Crippen MR) is 110 cm³/mol. The maximum atomic E-state index is 12.7. The van der Waals surface area contributed by atoms with Gasteiger partial charge in [-0.15, -0.1) is 11.3 Å². The van der Waals surface area contributed by atoms with Gasteiger partial charge in [0.2, 0.25) is 5.91 Å². The highest BCUT2D eigenvalue weighted by molar-refractivity contribution is 7.07. The number of hydrogen-bond donors (Lipinski definition) is 1. The highest BCUT2D eigenvalue weighted by atomic mass is 32.1. The van der Waals surface area contributed by atoms with Gasteiger partial charge in [-0.3, -0.25) is 4.79 Å². The third-order valence-corrected chi connectivity index (χ3v) is 5.07. The Labute approximate surface area is 161 Å². The molecule has 0 bridgehead atoms. The van der Waals surface area contributed by atoms with Gasteiger partial charge in [-0.1, -0.05) is 38.1 Å². The number of carbonyl (C=O) groups excluding carboxylic acids is 1. The SMILES string of the molecule is CC(C)c1ccc(NC(=O)Cn2c(-c3cscn3)nc3ccccc32)cc1. The molecule has 27 heavy (non-hydrogen) atoms. The standard InChI is InChI=1S/C21H20N4OS/c1-14(2)15-7-9-16(10-8-15)23-20(26)11-25-19-6-4-3-5-17(19)24-21(25)18-12-27-13-22-18/h3-10,12-14H,11H2,1-2H3,(H,23,26). The summed E-state index contributed by atoms with van der Waals surface area (Å²) in [6.45, 7) is 4.48. The smallest absolute Gasteiger partial charge is 0.244 e. The first-order chi connectivity index (χ1) is 13.1. The van der Waals surface area contributed by atoms with Crippen molar-refractivity contribution in [2.45, 2.75) is 26.3 Å². The van der Waals surface area contributed by atoms with Crippen molar-refractivity contribution in [3.8, 4) is 11.5 Å². The van der Waals surface area contributed by atoms with E-state index in [0.717, 1.165) is 22.4 Å². The molecule has 0 aliphatic heterocycles. The molecule has 0 spiro atoms. The number of nitrogens with zero attached hydrogens (tertiary/aromatic N) is 3. The summed E-state index contributed by atoms with van der Waals surface area (Å²) >= 11 is 1.51. The molecule has 5 nitrogen and oxygen atoms in total. The van der Waals surface area contributed by atoms with Crippen LogP contribution in [-0.4, -0.2) is 20.4 Å². The van der Waals surface area contributed by atoms with Gasteiger partial charge in [0.15, 0.2) is 5.82 Å². The lowest BCUT2D eigenvalue weighted by Crippen LogP contribution is -2.19. The van der Waals surface area contributed by atoms with Gasteiger partial charge in [0.25, 0.3) is 0 Å². The molecule has 1 N–H and O–H groups in total. The van der Waals surface area contributed by atoms with Crippen molar-refractivity contribution in [3.05, 3.63) is 65.0 Å². The van der Waals surface area contributed by atoms with Gasteiger partial charge in [-0.2, -0.15) is 0 Å². The molecule has 4 aromatic rings. The van der Waals surface area contributed by atoms with E-state index in [4.69, 9.17) is 0 Å². The summed E-state index contributed by atoms with van der Waals surface area (Å²) in [6, 6.07) is 15.8. The Balaban J connectivity index is 1.61. The number of rotatable bonds is 5. The van der Waals surface area contributed by atoms with Crippen LogP contribution in [-0.2, 0) is 11.3 Å². The summed E-state index contributed by atoms with van der Waals surface area (Å²) in [7, 11) is 0. The van der Waals surface area contributed by atoms with Crippen molar-refractivity contribution in [1.29, 1.82) is 0 Å². The number of carbonyl (C=O) groups is 1. The lowest BCUT2D eigenvalue weighted by atomic mass is 10.0. The zero-order valence-electron chi connectivity index (χ0n) is 15.2. The fourth-order valence-electron chi connectivity index (χ4n) is 3.05. The first-order valence-corrected chi connectivity index (χ1v) is 9.80. The van der Waals surface area contributed by atoms with E-state index >= 15 is 0 Å². The van der Waals surface area contributed by atoms with Crippen molar-refractivity contribution < 1.29 is 4.79 Å². The van der Waals surface area contributed by atoms with E-state index in [2.05, 4.69) is 29.1 Å². The van der Waals surface area contributed by atoms with Gasteiger partial charge >= 0.3 is 0 Å². The number of nitrogens with one attached hydrogen (secondary N) is 1. The van der Waals surface area contributed by atoms with E-state index in [-0.39, 0.29) is 12.5 Å². The van der Waals surface area contributed by atoms with Gasteiger partial charge < -0.3 is 9.88 Å². The van der Waals surface area contributed by atoms with Crippen LogP contribution in [0.2, 0.25) is 0 Å². The monoisotopic (exact) mass is 376 g/mol. The highest BCUT2D eigenvalue weighted by Gasteiger charge is 2.16. The Morgan fingerprint density at radius 2 is 1.93 bits per heavy atom. The quantitative estimate of drug-likeness (QED) is 0.538. The van der Waals surface area contributed by atoms with Gasteiger partial charge in [-0.05, 0) is 35.7 Å². The van der Waals surface area contributed by atoms with Gasteiger partial charge in [0, 0.05) is 11.1 Å². The second-order valence-corrected chi connectivity index (χ2v) is 7.43. The maximum absolute atomic E-state index is 12.7.